The van der Waals surface area contributed by atoms with Crippen LogP contribution in [0.25, 0.3) is 0 Å². The maximum Gasteiger partial charge on any atom is 0.227 e. The van der Waals surface area contributed by atoms with Crippen LogP contribution in [-0.2, 0) is 11.2 Å². The highest BCUT2D eigenvalue weighted by atomic mass is 79.9. The minimum absolute atomic E-state index is 0.0708. The van der Waals surface area contributed by atoms with E-state index in [-0.39, 0.29) is 17.8 Å². The molecule has 0 aromatic heterocycles. The molecule has 0 spiro atoms. The first kappa shape index (κ1) is 13.5. The first-order valence-corrected chi connectivity index (χ1v) is 6.84. The molecule has 1 aliphatic heterocycles. The van der Waals surface area contributed by atoms with E-state index in [4.69, 9.17) is 5.73 Å². The van der Waals surface area contributed by atoms with E-state index < -0.39 is 0 Å². The maximum absolute atomic E-state index is 13.1. The van der Waals surface area contributed by atoms with Gasteiger partial charge in [-0.15, -0.1) is 0 Å². The van der Waals surface area contributed by atoms with Crippen molar-refractivity contribution in [2.75, 3.05) is 13.1 Å². The monoisotopic (exact) mass is 314 g/mol. The van der Waals surface area contributed by atoms with Gasteiger partial charge in [-0.05, 0) is 46.5 Å². The van der Waals surface area contributed by atoms with Gasteiger partial charge < -0.3 is 10.6 Å². The molecular formula is C13H16BrFN2O. The number of amides is 1. The van der Waals surface area contributed by atoms with Crippen LogP contribution < -0.4 is 5.73 Å². The van der Waals surface area contributed by atoms with Gasteiger partial charge in [-0.2, -0.15) is 0 Å². The van der Waals surface area contributed by atoms with Crippen molar-refractivity contribution >= 4 is 21.8 Å². The van der Waals surface area contributed by atoms with Gasteiger partial charge in [0.15, 0.2) is 0 Å². The van der Waals surface area contributed by atoms with Crippen molar-refractivity contribution in [2.45, 2.75) is 25.3 Å². The van der Waals surface area contributed by atoms with E-state index in [2.05, 4.69) is 15.9 Å². The number of carbonyl (C=O) groups excluding carboxylic acids is 1. The summed E-state index contributed by atoms with van der Waals surface area (Å²) < 4.78 is 13.5. The molecule has 18 heavy (non-hydrogen) atoms. The molecule has 1 aromatic carbocycles. The summed E-state index contributed by atoms with van der Waals surface area (Å²) >= 11 is 3.13. The van der Waals surface area contributed by atoms with Gasteiger partial charge >= 0.3 is 0 Å². The van der Waals surface area contributed by atoms with Crippen LogP contribution in [0.3, 0.4) is 0 Å². The van der Waals surface area contributed by atoms with E-state index in [1.165, 1.54) is 6.07 Å². The van der Waals surface area contributed by atoms with Gasteiger partial charge in [0.2, 0.25) is 5.91 Å². The second-order valence-electron chi connectivity index (χ2n) is 4.54. The average molecular weight is 315 g/mol. The lowest BCUT2D eigenvalue weighted by Crippen LogP contribution is -2.40. The van der Waals surface area contributed by atoms with Crippen molar-refractivity contribution in [1.29, 1.82) is 0 Å². The normalized spacial score (nSPS) is 19.3. The summed E-state index contributed by atoms with van der Waals surface area (Å²) in [6, 6.07) is 4.84. The molecule has 1 atom stereocenters. The Bertz CT molecular complexity index is 453. The van der Waals surface area contributed by atoms with E-state index in [0.717, 1.165) is 24.9 Å². The van der Waals surface area contributed by atoms with E-state index in [0.29, 0.717) is 17.4 Å². The number of carbonyl (C=O) groups is 1. The molecule has 98 valence electrons. The molecule has 0 unspecified atom stereocenters. The molecule has 0 aliphatic carbocycles. The molecule has 0 bridgehead atoms. The Labute approximate surface area is 114 Å². The zero-order valence-electron chi connectivity index (χ0n) is 10.0. The van der Waals surface area contributed by atoms with Crippen molar-refractivity contribution in [2.24, 2.45) is 5.73 Å². The topological polar surface area (TPSA) is 46.3 Å². The minimum Gasteiger partial charge on any atom is -0.338 e. The molecule has 1 heterocycles. The van der Waals surface area contributed by atoms with Crippen molar-refractivity contribution in [3.63, 3.8) is 0 Å². The average Bonchev–Trinajstić information content (AvgIpc) is 2.82. The highest BCUT2D eigenvalue weighted by Crippen LogP contribution is 2.20. The minimum atomic E-state index is -0.313. The lowest BCUT2D eigenvalue weighted by molar-refractivity contribution is -0.131. The molecule has 1 amide bonds. The van der Waals surface area contributed by atoms with Crippen LogP contribution in [-0.4, -0.2) is 29.9 Å². The van der Waals surface area contributed by atoms with Gasteiger partial charge in [-0.1, -0.05) is 6.07 Å². The van der Waals surface area contributed by atoms with E-state index >= 15 is 0 Å². The number of likely N-dealkylation sites (tertiary alicyclic amines) is 1. The summed E-state index contributed by atoms with van der Waals surface area (Å²) in [5, 5.41) is 0. The fourth-order valence-corrected chi connectivity index (χ4v) is 2.76. The van der Waals surface area contributed by atoms with Crippen LogP contribution in [0.5, 0.6) is 0 Å². The quantitative estimate of drug-likeness (QED) is 0.928. The van der Waals surface area contributed by atoms with Gasteiger partial charge in [0.05, 0.1) is 10.9 Å². The van der Waals surface area contributed by atoms with Crippen LogP contribution in [0.4, 0.5) is 4.39 Å². The molecule has 3 nitrogen and oxygen atoms in total. The number of benzene rings is 1. The largest absolute Gasteiger partial charge is 0.338 e. The van der Waals surface area contributed by atoms with Crippen molar-refractivity contribution in [3.8, 4) is 0 Å². The zero-order valence-corrected chi connectivity index (χ0v) is 11.6. The standard InChI is InChI=1S/C13H16BrFN2O/c14-11-6-9(3-4-12(11)15)7-13(18)17-5-1-2-10(17)8-16/h3-4,6,10H,1-2,5,7-8,16H2/t10-/m0/s1. The number of hydrogen-bond acceptors (Lipinski definition) is 2. The summed E-state index contributed by atoms with van der Waals surface area (Å²) in [6.45, 7) is 1.29. The SMILES string of the molecule is NC[C@@H]1CCCN1C(=O)Cc1ccc(F)c(Br)c1. The Kier molecular flexibility index (Phi) is 4.35. The van der Waals surface area contributed by atoms with E-state index in [9.17, 15) is 9.18 Å². The summed E-state index contributed by atoms with van der Waals surface area (Å²) in [6.07, 6.45) is 2.30. The summed E-state index contributed by atoms with van der Waals surface area (Å²) in [5.41, 5.74) is 6.46. The lowest BCUT2D eigenvalue weighted by atomic mass is 10.1. The number of hydrogen-bond donors (Lipinski definition) is 1. The fraction of sp³-hybridized carbons (Fsp3) is 0.462. The number of nitrogens with zero attached hydrogens (tertiary/aromatic N) is 1. The Morgan fingerprint density at radius 2 is 2.33 bits per heavy atom. The van der Waals surface area contributed by atoms with E-state index in [1.54, 1.807) is 12.1 Å². The fourth-order valence-electron chi connectivity index (χ4n) is 2.33. The predicted octanol–water partition coefficient (Wildman–Crippen LogP) is 2.08. The molecule has 1 aromatic rings. The maximum atomic E-state index is 13.1. The van der Waals surface area contributed by atoms with Crippen LogP contribution >= 0.6 is 15.9 Å². The smallest absolute Gasteiger partial charge is 0.227 e. The number of halogens is 2. The molecule has 5 heteroatoms. The van der Waals surface area contributed by atoms with Crippen LogP contribution in [0.15, 0.2) is 22.7 Å². The molecule has 1 fully saturated rings. The zero-order chi connectivity index (χ0) is 13.1. The van der Waals surface area contributed by atoms with Crippen molar-refractivity contribution in [3.05, 3.63) is 34.1 Å². The molecule has 2 rings (SSSR count). The molecule has 1 aliphatic rings. The van der Waals surface area contributed by atoms with E-state index in [1.807, 2.05) is 4.90 Å². The first-order valence-electron chi connectivity index (χ1n) is 6.05. The van der Waals surface area contributed by atoms with Gasteiger partial charge in [0.1, 0.15) is 5.82 Å². The lowest BCUT2D eigenvalue weighted by Gasteiger charge is -2.23. The number of nitrogens with two attached hydrogens (primary N) is 1. The third kappa shape index (κ3) is 2.90. The molecular weight excluding hydrogens is 299 g/mol. The Morgan fingerprint density at radius 1 is 1.56 bits per heavy atom. The Balaban J connectivity index is 2.04. The highest BCUT2D eigenvalue weighted by Gasteiger charge is 2.27. The number of rotatable bonds is 3. The predicted molar refractivity (Wildman–Crippen MR) is 71.6 cm³/mol. The molecule has 0 radical (unpaired) electrons. The summed E-state index contributed by atoms with van der Waals surface area (Å²) in [7, 11) is 0. The van der Waals surface area contributed by atoms with Crippen LogP contribution in [0, 0.1) is 5.82 Å². The van der Waals surface area contributed by atoms with Gasteiger partial charge in [-0.25, -0.2) is 4.39 Å². The van der Waals surface area contributed by atoms with Gasteiger partial charge in [-0.3, -0.25) is 4.79 Å². The van der Waals surface area contributed by atoms with Gasteiger partial charge in [0, 0.05) is 19.1 Å². The van der Waals surface area contributed by atoms with Crippen molar-refractivity contribution < 1.29 is 9.18 Å². The molecule has 0 saturated carbocycles. The summed E-state index contributed by atoms with van der Waals surface area (Å²) in [5.74, 6) is -0.242. The van der Waals surface area contributed by atoms with Crippen molar-refractivity contribution in [1.82, 2.24) is 4.90 Å². The third-order valence-corrected chi connectivity index (χ3v) is 3.92. The Hall–Kier alpha value is -0.940. The highest BCUT2D eigenvalue weighted by molar-refractivity contribution is 9.10. The van der Waals surface area contributed by atoms with Crippen LogP contribution in [0.2, 0.25) is 0 Å². The van der Waals surface area contributed by atoms with Crippen LogP contribution in [0.1, 0.15) is 18.4 Å². The Morgan fingerprint density at radius 3 is 3.00 bits per heavy atom. The first-order chi connectivity index (χ1) is 8.61. The summed E-state index contributed by atoms with van der Waals surface area (Å²) in [4.78, 5) is 14.0. The second kappa shape index (κ2) is 5.80. The molecule has 1 saturated heterocycles. The second-order valence-corrected chi connectivity index (χ2v) is 5.40. The molecule has 2 N–H and O–H groups in total. The van der Waals surface area contributed by atoms with Gasteiger partial charge in [0.25, 0.3) is 0 Å². The third-order valence-electron chi connectivity index (χ3n) is 3.31.